The Morgan fingerprint density at radius 1 is 1.50 bits per heavy atom. The number of Topliss-reactive ketones (excluding diaryl/α,β-unsaturated/α-hetero) is 1. The van der Waals surface area contributed by atoms with Crippen molar-refractivity contribution in [1.29, 1.82) is 0 Å². The molecule has 12 heavy (non-hydrogen) atoms. The maximum Gasteiger partial charge on any atom is 0.144 e. The van der Waals surface area contributed by atoms with Crippen LogP contribution in [0.1, 0.15) is 12.8 Å². The third kappa shape index (κ3) is 3.07. The molecule has 3 heteroatoms. The molecule has 1 fully saturated rings. The van der Waals surface area contributed by atoms with Gasteiger partial charge in [-0.25, -0.2) is 0 Å². The molecule has 0 aromatic heterocycles. The van der Waals surface area contributed by atoms with Crippen molar-refractivity contribution in [3.63, 3.8) is 0 Å². The number of rotatable bonds is 2. The molecular weight excluding hydrogens is 218 g/mol. The number of piperidine rings is 1. The van der Waals surface area contributed by atoms with Crippen LogP contribution in [0.25, 0.3) is 0 Å². The van der Waals surface area contributed by atoms with Crippen molar-refractivity contribution in [1.82, 2.24) is 0 Å². The number of likely N-dealkylation sites (N-methyl/N-ethyl adjacent to an activating group) is 1. The predicted molar refractivity (Wildman–Crippen MR) is 45.2 cm³/mol. The van der Waals surface area contributed by atoms with Crippen LogP contribution >= 0.6 is 0 Å². The molecule has 0 aromatic rings. The molecule has 0 bridgehead atoms. The van der Waals surface area contributed by atoms with Crippen LogP contribution in [-0.4, -0.2) is 36.9 Å². The first-order chi connectivity index (χ1) is 5.16. The summed E-state index contributed by atoms with van der Waals surface area (Å²) < 4.78 is 0.995. The van der Waals surface area contributed by atoms with Crippen molar-refractivity contribution >= 4 is 5.78 Å². The third-order valence-electron chi connectivity index (χ3n) is 2.43. The fourth-order valence-corrected chi connectivity index (χ4v) is 1.52. The lowest BCUT2D eigenvalue weighted by Crippen LogP contribution is -3.00. The zero-order chi connectivity index (χ0) is 8.32. The molecule has 1 aliphatic heterocycles. The van der Waals surface area contributed by atoms with Gasteiger partial charge in [0.1, 0.15) is 5.78 Å². The van der Waals surface area contributed by atoms with Crippen molar-refractivity contribution < 1.29 is 26.3 Å². The fourth-order valence-electron chi connectivity index (χ4n) is 1.52. The minimum atomic E-state index is 0. The number of hydrogen-bond donors (Lipinski definition) is 0. The Labute approximate surface area is 84.6 Å². The van der Waals surface area contributed by atoms with E-state index in [0.29, 0.717) is 5.78 Å². The van der Waals surface area contributed by atoms with Crippen molar-refractivity contribution in [3.05, 3.63) is 12.7 Å². The van der Waals surface area contributed by atoms with Crippen LogP contribution in [0.5, 0.6) is 0 Å². The second kappa shape index (κ2) is 4.77. The number of nitrogens with zero attached hydrogens (tertiary/aromatic N) is 1. The second-order valence-electron chi connectivity index (χ2n) is 3.58. The molecule has 0 radical (unpaired) electrons. The van der Waals surface area contributed by atoms with E-state index in [1.807, 2.05) is 6.08 Å². The first-order valence-corrected chi connectivity index (χ1v) is 4.12. The van der Waals surface area contributed by atoms with Crippen LogP contribution in [-0.2, 0) is 4.79 Å². The van der Waals surface area contributed by atoms with Crippen LogP contribution in [0.15, 0.2) is 12.7 Å². The highest BCUT2D eigenvalue weighted by Crippen LogP contribution is 2.13. The van der Waals surface area contributed by atoms with E-state index >= 15 is 0 Å². The first-order valence-electron chi connectivity index (χ1n) is 4.12. The van der Waals surface area contributed by atoms with E-state index < -0.39 is 0 Å². The molecule has 2 nitrogen and oxygen atoms in total. The summed E-state index contributed by atoms with van der Waals surface area (Å²) in [5.41, 5.74) is 0. The van der Waals surface area contributed by atoms with Gasteiger partial charge in [-0.1, -0.05) is 6.58 Å². The van der Waals surface area contributed by atoms with Crippen molar-refractivity contribution in [2.24, 2.45) is 0 Å². The Morgan fingerprint density at radius 2 is 2.00 bits per heavy atom. The molecule has 1 heterocycles. The van der Waals surface area contributed by atoms with Crippen LogP contribution in [0.2, 0.25) is 0 Å². The van der Waals surface area contributed by atoms with Gasteiger partial charge in [0.15, 0.2) is 0 Å². The number of halogens is 1. The van der Waals surface area contributed by atoms with Gasteiger partial charge in [0.25, 0.3) is 0 Å². The predicted octanol–water partition coefficient (Wildman–Crippen LogP) is -2.01. The monoisotopic (exact) mass is 233 g/mol. The average molecular weight is 234 g/mol. The summed E-state index contributed by atoms with van der Waals surface area (Å²) >= 11 is 0. The normalized spacial score (nSPS) is 21.2. The molecule has 0 atom stereocenters. The van der Waals surface area contributed by atoms with Gasteiger partial charge >= 0.3 is 0 Å². The number of carbonyl (C=O) groups is 1. The summed E-state index contributed by atoms with van der Waals surface area (Å²) in [5.74, 6) is 0.421. The van der Waals surface area contributed by atoms with Gasteiger partial charge < -0.3 is 21.5 Å². The van der Waals surface area contributed by atoms with Gasteiger partial charge in [0.05, 0.1) is 39.5 Å². The SMILES string of the molecule is C=CC[N+]1(C)CCC(=O)CC1.[Br-]. The summed E-state index contributed by atoms with van der Waals surface area (Å²) in [5, 5.41) is 0. The van der Waals surface area contributed by atoms with Crippen molar-refractivity contribution in [2.45, 2.75) is 12.8 Å². The Kier molecular flexibility index (Phi) is 4.71. The second-order valence-corrected chi connectivity index (χ2v) is 3.58. The van der Waals surface area contributed by atoms with Gasteiger partial charge in [-0.3, -0.25) is 4.79 Å². The molecule has 0 saturated carbocycles. The van der Waals surface area contributed by atoms with Crippen LogP contribution < -0.4 is 17.0 Å². The lowest BCUT2D eigenvalue weighted by Gasteiger charge is -2.36. The van der Waals surface area contributed by atoms with E-state index in [-0.39, 0.29) is 17.0 Å². The van der Waals surface area contributed by atoms with E-state index in [1.165, 1.54) is 0 Å². The summed E-state index contributed by atoms with van der Waals surface area (Å²) in [6, 6.07) is 0. The van der Waals surface area contributed by atoms with Crippen LogP contribution in [0.4, 0.5) is 0 Å². The molecule has 0 amide bonds. The van der Waals surface area contributed by atoms with Crippen molar-refractivity contribution in [2.75, 3.05) is 26.7 Å². The van der Waals surface area contributed by atoms with E-state index in [0.717, 1.165) is 37.0 Å². The Hall–Kier alpha value is -0.150. The lowest BCUT2D eigenvalue weighted by molar-refractivity contribution is -0.905. The van der Waals surface area contributed by atoms with E-state index in [2.05, 4.69) is 13.6 Å². The molecule has 1 rings (SSSR count). The molecule has 0 spiro atoms. The van der Waals surface area contributed by atoms with E-state index in [9.17, 15) is 4.79 Å². The minimum absolute atomic E-state index is 0. The lowest BCUT2D eigenvalue weighted by atomic mass is 10.1. The molecule has 70 valence electrons. The zero-order valence-corrected chi connectivity index (χ0v) is 9.14. The average Bonchev–Trinajstić information content (AvgIpc) is 1.97. The molecule has 0 aliphatic carbocycles. The smallest absolute Gasteiger partial charge is 0.144 e. The summed E-state index contributed by atoms with van der Waals surface area (Å²) in [4.78, 5) is 10.9. The summed E-state index contributed by atoms with van der Waals surface area (Å²) in [6.45, 7) is 6.69. The Morgan fingerprint density at radius 3 is 2.42 bits per heavy atom. The molecule has 0 aromatic carbocycles. The number of hydrogen-bond acceptors (Lipinski definition) is 1. The molecule has 0 unspecified atom stereocenters. The highest BCUT2D eigenvalue weighted by Gasteiger charge is 2.26. The number of quaternary nitrogens is 1. The topological polar surface area (TPSA) is 17.1 Å². The molecule has 1 aliphatic rings. The first kappa shape index (κ1) is 11.8. The van der Waals surface area contributed by atoms with Gasteiger partial charge in [-0.2, -0.15) is 0 Å². The maximum atomic E-state index is 10.9. The minimum Gasteiger partial charge on any atom is -1.00 e. The Bertz CT molecular complexity index is 169. The van der Waals surface area contributed by atoms with Gasteiger partial charge in [-0.05, 0) is 6.08 Å². The van der Waals surface area contributed by atoms with Crippen molar-refractivity contribution in [3.8, 4) is 0 Å². The summed E-state index contributed by atoms with van der Waals surface area (Å²) in [6.07, 6.45) is 3.45. The number of ketones is 1. The highest BCUT2D eigenvalue weighted by molar-refractivity contribution is 5.78. The zero-order valence-electron chi connectivity index (χ0n) is 7.55. The van der Waals surface area contributed by atoms with Gasteiger partial charge in [0.2, 0.25) is 0 Å². The van der Waals surface area contributed by atoms with E-state index in [1.54, 1.807) is 0 Å². The van der Waals surface area contributed by atoms with Gasteiger partial charge in [-0.15, -0.1) is 0 Å². The quantitative estimate of drug-likeness (QED) is 0.398. The van der Waals surface area contributed by atoms with E-state index in [4.69, 9.17) is 0 Å². The fraction of sp³-hybridized carbons (Fsp3) is 0.667. The van der Waals surface area contributed by atoms with Crippen LogP contribution in [0.3, 0.4) is 0 Å². The third-order valence-corrected chi connectivity index (χ3v) is 2.43. The largest absolute Gasteiger partial charge is 1.00 e. The molecular formula is C9H16BrNO. The number of carbonyl (C=O) groups excluding carboxylic acids is 1. The van der Waals surface area contributed by atoms with Crippen LogP contribution in [0, 0.1) is 0 Å². The highest BCUT2D eigenvalue weighted by atomic mass is 79.9. The Balaban J connectivity index is 0.00000121. The standard InChI is InChI=1S/C9H16NO.BrH/c1-3-6-10(2)7-4-9(11)5-8-10;/h3H,1,4-8H2,2H3;1H/q+1;/p-1. The maximum absolute atomic E-state index is 10.9. The van der Waals surface area contributed by atoms with Gasteiger partial charge in [0, 0.05) is 0 Å². The molecule has 0 N–H and O–H groups in total. The summed E-state index contributed by atoms with van der Waals surface area (Å²) in [7, 11) is 2.19. The number of likely N-dealkylation sites (tertiary alicyclic amines) is 1. The molecule has 1 saturated heterocycles.